The molecule has 2 aromatic rings. The molecule has 0 radical (unpaired) electrons. The summed E-state index contributed by atoms with van der Waals surface area (Å²) in [6.45, 7) is 3.47. The largest absolute Gasteiger partial charge is 0.481 e. The lowest BCUT2D eigenvalue weighted by atomic mass is 9.83. The fourth-order valence-corrected chi connectivity index (χ4v) is 3.39. The van der Waals surface area contributed by atoms with Crippen molar-refractivity contribution in [3.63, 3.8) is 0 Å². The highest BCUT2D eigenvalue weighted by Gasteiger charge is 2.35. The summed E-state index contributed by atoms with van der Waals surface area (Å²) in [5.41, 5.74) is 0.0224. The highest BCUT2D eigenvalue weighted by molar-refractivity contribution is 5.83. The van der Waals surface area contributed by atoms with Gasteiger partial charge in [0.15, 0.2) is 6.10 Å². The average Bonchev–Trinajstić information content (AvgIpc) is 2.62. The van der Waals surface area contributed by atoms with Gasteiger partial charge < -0.3 is 14.5 Å². The molecule has 6 nitrogen and oxygen atoms in total. The molecule has 0 bridgehead atoms. The number of fused-ring (bicyclic) bond motifs is 1. The van der Waals surface area contributed by atoms with E-state index in [9.17, 15) is 14.9 Å². The van der Waals surface area contributed by atoms with E-state index in [-0.39, 0.29) is 5.91 Å². The maximum Gasteiger partial charge on any atom is 0.336 e. The number of nitrogens with one attached hydrogen (secondary N) is 1. The predicted octanol–water partition coefficient (Wildman–Crippen LogP) is 3.21. The number of carbonyl (C=O) groups is 1. The summed E-state index contributed by atoms with van der Waals surface area (Å²) in [6.07, 6.45) is 3.53. The lowest BCUT2D eigenvalue weighted by molar-refractivity contribution is -0.129. The van der Waals surface area contributed by atoms with Gasteiger partial charge >= 0.3 is 5.63 Å². The lowest BCUT2D eigenvalue weighted by Crippen LogP contribution is -2.52. The van der Waals surface area contributed by atoms with Crippen LogP contribution in [0.25, 0.3) is 11.0 Å². The number of amides is 1. The second-order valence-electron chi connectivity index (χ2n) is 6.91. The molecule has 1 atom stereocenters. The van der Waals surface area contributed by atoms with Crippen LogP contribution in [0.5, 0.6) is 5.75 Å². The van der Waals surface area contributed by atoms with Crippen molar-refractivity contribution in [3.8, 4) is 11.8 Å². The quantitative estimate of drug-likeness (QED) is 0.851. The Morgan fingerprint density at radius 2 is 2.04 bits per heavy atom. The maximum atomic E-state index is 12.5. The van der Waals surface area contributed by atoms with Crippen molar-refractivity contribution in [2.45, 2.75) is 57.6 Å². The van der Waals surface area contributed by atoms with E-state index in [1.54, 1.807) is 25.1 Å². The van der Waals surface area contributed by atoms with Gasteiger partial charge in [-0.3, -0.25) is 4.79 Å². The number of benzene rings is 1. The van der Waals surface area contributed by atoms with Crippen LogP contribution in [0.3, 0.4) is 0 Å². The van der Waals surface area contributed by atoms with Gasteiger partial charge in [-0.25, -0.2) is 4.79 Å². The van der Waals surface area contributed by atoms with Gasteiger partial charge in [0.05, 0.1) is 6.07 Å². The van der Waals surface area contributed by atoms with E-state index in [0.717, 1.165) is 30.2 Å². The van der Waals surface area contributed by atoms with Crippen LogP contribution in [0.2, 0.25) is 0 Å². The molecular weight excluding hydrogens is 332 g/mol. The van der Waals surface area contributed by atoms with Crippen LogP contribution in [0.15, 0.2) is 33.5 Å². The van der Waals surface area contributed by atoms with Crippen molar-refractivity contribution in [3.05, 3.63) is 40.2 Å². The second-order valence-corrected chi connectivity index (χ2v) is 6.91. The number of rotatable bonds is 4. The van der Waals surface area contributed by atoms with E-state index in [1.807, 2.05) is 6.92 Å². The van der Waals surface area contributed by atoms with Gasteiger partial charge in [-0.2, -0.15) is 5.26 Å². The number of nitriles is 1. The van der Waals surface area contributed by atoms with Crippen molar-refractivity contribution < 1.29 is 13.9 Å². The van der Waals surface area contributed by atoms with Crippen molar-refractivity contribution in [2.24, 2.45) is 0 Å². The monoisotopic (exact) mass is 354 g/mol. The first-order valence-electron chi connectivity index (χ1n) is 8.87. The molecule has 1 aliphatic carbocycles. The summed E-state index contributed by atoms with van der Waals surface area (Å²) < 4.78 is 10.9. The number of hydrogen-bond donors (Lipinski definition) is 1. The van der Waals surface area contributed by atoms with Gasteiger partial charge in [-0.05, 0) is 44.4 Å². The zero-order chi connectivity index (χ0) is 18.7. The molecule has 0 spiro atoms. The number of hydrogen-bond acceptors (Lipinski definition) is 5. The lowest BCUT2D eigenvalue weighted by Gasteiger charge is -2.32. The molecule has 0 saturated heterocycles. The molecule has 1 aromatic heterocycles. The molecule has 0 unspecified atom stereocenters. The zero-order valence-electron chi connectivity index (χ0n) is 15.0. The van der Waals surface area contributed by atoms with E-state index in [2.05, 4.69) is 11.4 Å². The normalized spacial score (nSPS) is 17.3. The van der Waals surface area contributed by atoms with Crippen LogP contribution in [-0.2, 0) is 4.79 Å². The summed E-state index contributed by atoms with van der Waals surface area (Å²) in [7, 11) is 0. The number of carbonyl (C=O) groups excluding carboxylic acids is 1. The minimum atomic E-state index is -0.791. The molecule has 1 amide bonds. The predicted molar refractivity (Wildman–Crippen MR) is 96.9 cm³/mol. The summed E-state index contributed by atoms with van der Waals surface area (Å²) in [5.74, 6) is 0.114. The second kappa shape index (κ2) is 7.20. The Labute approximate surface area is 151 Å². The minimum absolute atomic E-state index is 0.320. The van der Waals surface area contributed by atoms with Gasteiger partial charge in [0.2, 0.25) is 0 Å². The van der Waals surface area contributed by atoms with Crippen LogP contribution < -0.4 is 15.7 Å². The summed E-state index contributed by atoms with van der Waals surface area (Å²) >= 11 is 0. The van der Waals surface area contributed by atoms with Crippen LogP contribution in [0.4, 0.5) is 0 Å². The van der Waals surface area contributed by atoms with Crippen LogP contribution in [-0.4, -0.2) is 17.6 Å². The van der Waals surface area contributed by atoms with Crippen molar-refractivity contribution in [1.82, 2.24) is 5.32 Å². The van der Waals surface area contributed by atoms with Crippen molar-refractivity contribution in [1.29, 1.82) is 5.26 Å². The fourth-order valence-electron chi connectivity index (χ4n) is 3.39. The molecule has 1 aliphatic rings. The van der Waals surface area contributed by atoms with Crippen LogP contribution >= 0.6 is 0 Å². The third-order valence-electron chi connectivity index (χ3n) is 4.89. The number of nitrogens with zero attached hydrogens (tertiary/aromatic N) is 1. The molecule has 1 N–H and O–H groups in total. The molecule has 6 heteroatoms. The summed E-state index contributed by atoms with van der Waals surface area (Å²) in [5, 5.41) is 13.2. The van der Waals surface area contributed by atoms with E-state index >= 15 is 0 Å². The topological polar surface area (TPSA) is 92.3 Å². The molecule has 136 valence electrons. The molecule has 1 fully saturated rings. The smallest absolute Gasteiger partial charge is 0.336 e. The van der Waals surface area contributed by atoms with E-state index in [0.29, 0.717) is 24.2 Å². The molecular formula is C20H22N2O4. The van der Waals surface area contributed by atoms with Crippen LogP contribution in [0.1, 0.15) is 44.6 Å². The third kappa shape index (κ3) is 3.72. The van der Waals surface area contributed by atoms with E-state index < -0.39 is 17.3 Å². The molecule has 0 aliphatic heterocycles. The Morgan fingerprint density at radius 1 is 1.31 bits per heavy atom. The third-order valence-corrected chi connectivity index (χ3v) is 4.89. The Balaban J connectivity index is 1.74. The van der Waals surface area contributed by atoms with Gasteiger partial charge in [-0.1, -0.05) is 19.3 Å². The summed E-state index contributed by atoms with van der Waals surface area (Å²) in [4.78, 5) is 24.0. The SMILES string of the molecule is Cc1cc(=O)oc2cc(O[C@H](C)C(=O)NC3(C#N)CCCCC3)ccc12. The van der Waals surface area contributed by atoms with E-state index in [4.69, 9.17) is 9.15 Å². The zero-order valence-corrected chi connectivity index (χ0v) is 15.0. The first-order valence-corrected chi connectivity index (χ1v) is 8.87. The van der Waals surface area contributed by atoms with Gasteiger partial charge in [0.25, 0.3) is 5.91 Å². The molecule has 1 saturated carbocycles. The Hall–Kier alpha value is -2.81. The van der Waals surface area contributed by atoms with Gasteiger partial charge in [-0.15, -0.1) is 0 Å². The Morgan fingerprint density at radius 3 is 2.73 bits per heavy atom. The molecule has 1 aromatic carbocycles. The maximum absolute atomic E-state index is 12.5. The van der Waals surface area contributed by atoms with Gasteiger partial charge in [0.1, 0.15) is 16.9 Å². The average molecular weight is 354 g/mol. The Kier molecular flexibility index (Phi) is 4.99. The first-order chi connectivity index (χ1) is 12.4. The van der Waals surface area contributed by atoms with Crippen LogP contribution in [0, 0.1) is 18.3 Å². The number of ether oxygens (including phenoxy) is 1. The standard InChI is InChI=1S/C20H22N2O4/c1-13-10-18(23)26-17-11-15(6-7-16(13)17)25-14(2)19(24)22-20(12-21)8-4-3-5-9-20/h6-7,10-11,14H,3-5,8-9H2,1-2H3,(H,22,24)/t14-/m1/s1. The fraction of sp³-hybridized carbons (Fsp3) is 0.450. The minimum Gasteiger partial charge on any atom is -0.481 e. The van der Waals surface area contributed by atoms with Crippen molar-refractivity contribution in [2.75, 3.05) is 0 Å². The first kappa shape index (κ1) is 18.0. The molecule has 3 rings (SSSR count). The van der Waals surface area contributed by atoms with Crippen molar-refractivity contribution >= 4 is 16.9 Å². The summed E-state index contributed by atoms with van der Waals surface area (Å²) in [6, 6.07) is 8.84. The Bertz CT molecular complexity index is 920. The molecule has 26 heavy (non-hydrogen) atoms. The molecule has 1 heterocycles. The highest BCUT2D eigenvalue weighted by atomic mass is 16.5. The van der Waals surface area contributed by atoms with Gasteiger partial charge in [0, 0.05) is 17.5 Å². The number of aryl methyl sites for hydroxylation is 1. The highest BCUT2D eigenvalue weighted by Crippen LogP contribution is 2.28. The van der Waals surface area contributed by atoms with E-state index in [1.165, 1.54) is 6.07 Å².